The van der Waals surface area contributed by atoms with Crippen LogP contribution in [0.15, 0.2) is 0 Å². The van der Waals surface area contributed by atoms with Crippen LogP contribution in [0.5, 0.6) is 0 Å². The van der Waals surface area contributed by atoms with Crippen LogP contribution < -0.4 is 5.43 Å². The average Bonchev–Trinajstić information content (AvgIpc) is 2.03. The van der Waals surface area contributed by atoms with Gasteiger partial charge in [0.2, 0.25) is 5.91 Å². The van der Waals surface area contributed by atoms with Gasteiger partial charge in [-0.2, -0.15) is 0 Å². The van der Waals surface area contributed by atoms with E-state index in [1.807, 2.05) is 0 Å². The molecule has 4 nitrogen and oxygen atoms in total. The fourth-order valence-electron chi connectivity index (χ4n) is 1.11. The normalized spacial score (nSPS) is 19.0. The van der Waals surface area contributed by atoms with E-state index in [9.17, 15) is 4.79 Å². The van der Waals surface area contributed by atoms with Gasteiger partial charge in [0.1, 0.15) is 0 Å². The van der Waals surface area contributed by atoms with E-state index in [1.54, 1.807) is 5.01 Å². The van der Waals surface area contributed by atoms with Crippen LogP contribution in [0.4, 0.5) is 0 Å². The summed E-state index contributed by atoms with van der Waals surface area (Å²) in [4.78, 5) is 11.1. The minimum absolute atomic E-state index is 0.143. The smallest absolute Gasteiger partial charge is 0.236 e. The Morgan fingerprint density at radius 3 is 3.09 bits per heavy atom. The summed E-state index contributed by atoms with van der Waals surface area (Å²) in [6.07, 6.45) is 2.21. The van der Waals surface area contributed by atoms with Gasteiger partial charge in [-0.3, -0.25) is 9.80 Å². The Labute approximate surface area is 66.2 Å². The molecule has 0 atom stereocenters. The molecule has 1 fully saturated rings. The lowest BCUT2D eigenvalue weighted by molar-refractivity contribution is -0.137. The van der Waals surface area contributed by atoms with Gasteiger partial charge in [-0.25, -0.2) is 5.43 Å². The Kier molecular flexibility index (Phi) is 3.32. The Balaban J connectivity index is 2.24. The molecule has 0 aliphatic carbocycles. The topological polar surface area (TPSA) is 52.6 Å². The summed E-state index contributed by atoms with van der Waals surface area (Å²) in [6, 6.07) is 0. The fourth-order valence-corrected chi connectivity index (χ4v) is 1.11. The molecule has 64 valence electrons. The highest BCUT2D eigenvalue weighted by Crippen LogP contribution is 2.01. The van der Waals surface area contributed by atoms with Crippen LogP contribution in [-0.4, -0.2) is 35.7 Å². The van der Waals surface area contributed by atoms with Crippen molar-refractivity contribution in [2.45, 2.75) is 19.3 Å². The van der Waals surface area contributed by atoms with Crippen LogP contribution in [0.25, 0.3) is 0 Å². The average molecular weight is 158 g/mol. The zero-order chi connectivity index (χ0) is 8.10. The summed E-state index contributed by atoms with van der Waals surface area (Å²) in [5.41, 5.74) is 2.98. The molecule has 1 saturated heterocycles. The highest BCUT2D eigenvalue weighted by molar-refractivity contribution is 5.76. The third kappa shape index (κ3) is 2.48. The first-order chi connectivity index (χ1) is 5.34. The molecule has 1 rings (SSSR count). The second kappa shape index (κ2) is 4.31. The summed E-state index contributed by atoms with van der Waals surface area (Å²) in [5.74, 6) is 0.143. The van der Waals surface area contributed by atoms with Crippen LogP contribution in [-0.2, 0) is 4.79 Å². The molecular formula is C7H14N2O2. The molecule has 11 heavy (non-hydrogen) atoms. The molecule has 4 heteroatoms. The molecule has 0 aromatic carbocycles. The van der Waals surface area contributed by atoms with Gasteiger partial charge in [0.15, 0.2) is 0 Å². The molecule has 0 aromatic heterocycles. The lowest BCUT2D eigenvalue weighted by Gasteiger charge is -2.27. The first-order valence-electron chi connectivity index (χ1n) is 3.99. The Morgan fingerprint density at radius 1 is 1.64 bits per heavy atom. The minimum Gasteiger partial charge on any atom is -0.396 e. The van der Waals surface area contributed by atoms with Gasteiger partial charge in [0.05, 0.1) is 0 Å². The van der Waals surface area contributed by atoms with Crippen molar-refractivity contribution in [2.75, 3.05) is 19.7 Å². The van der Waals surface area contributed by atoms with Crippen molar-refractivity contribution in [3.63, 3.8) is 0 Å². The number of nitrogens with one attached hydrogen (secondary N) is 1. The van der Waals surface area contributed by atoms with Gasteiger partial charge in [0, 0.05) is 26.1 Å². The van der Waals surface area contributed by atoms with Crippen molar-refractivity contribution in [3.05, 3.63) is 0 Å². The van der Waals surface area contributed by atoms with E-state index in [1.165, 1.54) is 0 Å². The minimum atomic E-state index is 0.143. The van der Waals surface area contributed by atoms with Crippen LogP contribution in [0.1, 0.15) is 19.3 Å². The fraction of sp³-hybridized carbons (Fsp3) is 0.857. The quantitative estimate of drug-likeness (QED) is 0.582. The molecule has 1 aliphatic heterocycles. The summed E-state index contributed by atoms with van der Waals surface area (Å²) in [5, 5.41) is 10.1. The van der Waals surface area contributed by atoms with Gasteiger partial charge in [-0.05, 0) is 12.8 Å². The number of hydrogen-bond acceptors (Lipinski definition) is 3. The first kappa shape index (κ1) is 8.49. The summed E-state index contributed by atoms with van der Waals surface area (Å²) in [7, 11) is 0. The first-order valence-corrected chi connectivity index (χ1v) is 3.99. The second-order valence-electron chi connectivity index (χ2n) is 2.63. The number of aliphatic hydroxyl groups is 1. The van der Waals surface area contributed by atoms with E-state index < -0.39 is 0 Å². The molecule has 1 amide bonds. The zero-order valence-electron chi connectivity index (χ0n) is 6.55. The van der Waals surface area contributed by atoms with Gasteiger partial charge in [-0.1, -0.05) is 0 Å². The van der Waals surface area contributed by atoms with E-state index in [-0.39, 0.29) is 12.5 Å². The van der Waals surface area contributed by atoms with Crippen molar-refractivity contribution < 1.29 is 9.90 Å². The van der Waals surface area contributed by atoms with Crippen molar-refractivity contribution in [2.24, 2.45) is 0 Å². The molecule has 0 aromatic rings. The maximum Gasteiger partial charge on any atom is 0.236 e. The molecule has 1 heterocycles. The number of aliphatic hydroxyl groups excluding tert-OH is 1. The monoisotopic (exact) mass is 158 g/mol. The Bertz CT molecular complexity index is 138. The third-order valence-corrected chi connectivity index (χ3v) is 1.71. The molecule has 0 spiro atoms. The second-order valence-corrected chi connectivity index (χ2v) is 2.63. The number of amides is 1. The highest BCUT2D eigenvalue weighted by Gasteiger charge is 2.15. The van der Waals surface area contributed by atoms with Crippen LogP contribution >= 0.6 is 0 Å². The lowest BCUT2D eigenvalue weighted by Crippen LogP contribution is -2.47. The van der Waals surface area contributed by atoms with E-state index in [0.717, 1.165) is 13.0 Å². The predicted octanol–water partition coefficient (Wildman–Crippen LogP) is -0.504. The number of hydrazine groups is 1. The Hall–Kier alpha value is -0.610. The largest absolute Gasteiger partial charge is 0.396 e. The molecule has 0 saturated carbocycles. The van der Waals surface area contributed by atoms with Crippen molar-refractivity contribution in [1.29, 1.82) is 0 Å². The molecule has 2 N–H and O–H groups in total. The molecular weight excluding hydrogens is 144 g/mol. The zero-order valence-corrected chi connectivity index (χ0v) is 6.55. The van der Waals surface area contributed by atoms with Crippen molar-refractivity contribution in [1.82, 2.24) is 10.4 Å². The van der Waals surface area contributed by atoms with Gasteiger partial charge < -0.3 is 5.11 Å². The number of carbonyl (C=O) groups is 1. The van der Waals surface area contributed by atoms with Crippen LogP contribution in [0.3, 0.4) is 0 Å². The Morgan fingerprint density at radius 2 is 2.45 bits per heavy atom. The van der Waals surface area contributed by atoms with Gasteiger partial charge in [-0.15, -0.1) is 0 Å². The van der Waals surface area contributed by atoms with Crippen molar-refractivity contribution in [3.8, 4) is 0 Å². The molecule has 0 bridgehead atoms. The maximum absolute atomic E-state index is 11.1. The molecule has 0 radical (unpaired) electrons. The lowest BCUT2D eigenvalue weighted by atomic mass is 10.2. The molecule has 0 unspecified atom stereocenters. The summed E-state index contributed by atoms with van der Waals surface area (Å²) >= 11 is 0. The standard InChI is InChI=1S/C7H14N2O2/c10-6-2-5-9-7(11)3-1-4-8-9/h8,10H,1-6H2. The SMILES string of the molecule is O=C1CCCNN1CCCO. The molecule has 1 aliphatic rings. The van der Waals surface area contributed by atoms with E-state index >= 15 is 0 Å². The van der Waals surface area contributed by atoms with Crippen LogP contribution in [0, 0.1) is 0 Å². The highest BCUT2D eigenvalue weighted by atomic mass is 16.3. The summed E-state index contributed by atoms with van der Waals surface area (Å²) in [6.45, 7) is 1.64. The van der Waals surface area contributed by atoms with E-state index in [0.29, 0.717) is 19.4 Å². The van der Waals surface area contributed by atoms with Crippen molar-refractivity contribution >= 4 is 5.91 Å². The van der Waals surface area contributed by atoms with Gasteiger partial charge in [0.25, 0.3) is 0 Å². The number of nitrogens with zero attached hydrogens (tertiary/aromatic N) is 1. The van der Waals surface area contributed by atoms with Crippen LogP contribution in [0.2, 0.25) is 0 Å². The summed E-state index contributed by atoms with van der Waals surface area (Å²) < 4.78 is 0. The number of rotatable bonds is 3. The maximum atomic E-state index is 11.1. The third-order valence-electron chi connectivity index (χ3n) is 1.71. The van der Waals surface area contributed by atoms with E-state index in [4.69, 9.17) is 5.11 Å². The predicted molar refractivity (Wildman–Crippen MR) is 40.7 cm³/mol. The number of hydrogen-bond donors (Lipinski definition) is 2. The van der Waals surface area contributed by atoms with E-state index in [2.05, 4.69) is 5.43 Å². The number of carbonyl (C=O) groups excluding carboxylic acids is 1. The van der Waals surface area contributed by atoms with Gasteiger partial charge >= 0.3 is 0 Å².